The smallest absolute Gasteiger partial charge is 0.255 e. The van der Waals surface area contributed by atoms with Gasteiger partial charge in [-0.15, -0.1) is 0 Å². The van der Waals surface area contributed by atoms with E-state index in [9.17, 15) is 24.4 Å². The Morgan fingerprint density at radius 3 is 2.18 bits per heavy atom. The van der Waals surface area contributed by atoms with Crippen LogP contribution in [0.5, 0.6) is 5.75 Å². The number of carbonyl (C=O) groups is 4. The molecule has 2 saturated heterocycles. The summed E-state index contributed by atoms with van der Waals surface area (Å²) in [5.74, 6) is 0.494. The summed E-state index contributed by atoms with van der Waals surface area (Å²) >= 11 is 6.31. The zero-order valence-electron chi connectivity index (χ0n) is 32.4. The summed E-state index contributed by atoms with van der Waals surface area (Å²) in [4.78, 5) is 60.0. The topological polar surface area (TPSA) is 126 Å². The summed E-state index contributed by atoms with van der Waals surface area (Å²) in [7, 11) is 0. The van der Waals surface area contributed by atoms with Crippen LogP contribution in [0.3, 0.4) is 0 Å². The summed E-state index contributed by atoms with van der Waals surface area (Å²) in [6, 6.07) is 17.2. The minimum Gasteiger partial charge on any atom is -0.489 e. The normalized spacial score (nSPS) is 25.4. The molecule has 0 bridgehead atoms. The van der Waals surface area contributed by atoms with Gasteiger partial charge < -0.3 is 19.4 Å². The van der Waals surface area contributed by atoms with Crippen LogP contribution in [0.25, 0.3) is 0 Å². The van der Waals surface area contributed by atoms with E-state index in [2.05, 4.69) is 67.1 Å². The highest BCUT2D eigenvalue weighted by atomic mass is 35.5. The third kappa shape index (κ3) is 5.95. The van der Waals surface area contributed by atoms with E-state index >= 15 is 0 Å². The Bertz CT molecular complexity index is 2220. The molecule has 1 saturated carbocycles. The molecule has 0 spiro atoms. The van der Waals surface area contributed by atoms with Crippen molar-refractivity contribution in [2.45, 2.75) is 97.7 Å². The van der Waals surface area contributed by atoms with Crippen LogP contribution in [-0.2, 0) is 35.8 Å². The molecule has 1 atom stereocenters. The molecule has 0 aromatic heterocycles. The molecule has 11 nitrogen and oxygen atoms in total. The largest absolute Gasteiger partial charge is 0.489 e. The Morgan fingerprint density at radius 1 is 0.804 bits per heavy atom. The third-order valence-corrected chi connectivity index (χ3v) is 13.7. The maximum absolute atomic E-state index is 13.9. The Balaban J connectivity index is 0.794. The number of nitrogens with one attached hydrogen (secondary N) is 1. The summed E-state index contributed by atoms with van der Waals surface area (Å²) in [5, 5.41) is 12.0. The molecule has 3 aromatic rings. The fourth-order valence-electron chi connectivity index (χ4n) is 11.2. The lowest BCUT2D eigenvalue weighted by atomic mass is 9.49. The number of nitriles is 1. The van der Waals surface area contributed by atoms with Gasteiger partial charge in [0.15, 0.2) is 0 Å². The molecule has 4 amide bonds. The predicted octanol–water partition coefficient (Wildman–Crippen LogP) is 6.04. The molecule has 5 aliphatic heterocycles. The van der Waals surface area contributed by atoms with Gasteiger partial charge >= 0.3 is 0 Å². The highest BCUT2D eigenvalue weighted by Crippen LogP contribution is 2.59. The molecule has 0 radical (unpaired) electrons. The maximum Gasteiger partial charge on any atom is 0.255 e. The minimum absolute atomic E-state index is 0.0290. The van der Waals surface area contributed by atoms with Gasteiger partial charge in [0.2, 0.25) is 11.8 Å². The lowest BCUT2D eigenvalue weighted by Gasteiger charge is -2.65. The first-order valence-electron chi connectivity index (χ1n) is 19.8. The van der Waals surface area contributed by atoms with E-state index in [1.165, 1.54) is 16.8 Å². The number of piperidine rings is 2. The number of rotatable bonds is 7. The first-order valence-corrected chi connectivity index (χ1v) is 20.2. The third-order valence-electron chi connectivity index (χ3n) is 13.4. The van der Waals surface area contributed by atoms with E-state index in [4.69, 9.17) is 16.3 Å². The van der Waals surface area contributed by atoms with E-state index < -0.39 is 6.04 Å². The Kier molecular flexibility index (Phi) is 8.75. The molecule has 290 valence electrons. The van der Waals surface area contributed by atoms with Crippen LogP contribution in [0.1, 0.15) is 102 Å². The second-order valence-corrected chi connectivity index (χ2v) is 18.3. The minimum atomic E-state index is -0.594. The summed E-state index contributed by atoms with van der Waals surface area (Å²) in [5.41, 5.74) is 6.90. The van der Waals surface area contributed by atoms with Gasteiger partial charge in [0, 0.05) is 92.0 Å². The fraction of sp³-hybridized carbons (Fsp3) is 0.477. The van der Waals surface area contributed by atoms with Crippen molar-refractivity contribution in [1.29, 1.82) is 5.26 Å². The van der Waals surface area contributed by atoms with Gasteiger partial charge in [-0.1, -0.05) is 45.4 Å². The number of nitrogens with zero attached hydrogens (tertiary/aromatic N) is 5. The number of hydrogen-bond donors (Lipinski definition) is 1. The molecular formula is C44H47ClN6O5. The highest BCUT2D eigenvalue weighted by Gasteiger charge is 2.67. The first kappa shape index (κ1) is 36.7. The van der Waals surface area contributed by atoms with Crippen molar-refractivity contribution < 1.29 is 23.9 Å². The van der Waals surface area contributed by atoms with Crippen molar-refractivity contribution in [1.82, 2.24) is 20.0 Å². The van der Waals surface area contributed by atoms with Crippen molar-refractivity contribution in [3.63, 3.8) is 0 Å². The summed E-state index contributed by atoms with van der Waals surface area (Å²) in [6.07, 6.45) is 2.64. The van der Waals surface area contributed by atoms with E-state index in [0.29, 0.717) is 47.3 Å². The van der Waals surface area contributed by atoms with Gasteiger partial charge in [0.05, 0.1) is 10.6 Å². The van der Waals surface area contributed by atoms with Gasteiger partial charge in [-0.05, 0) is 83.8 Å². The monoisotopic (exact) mass is 774 g/mol. The van der Waals surface area contributed by atoms with Crippen molar-refractivity contribution in [3.8, 4) is 11.8 Å². The summed E-state index contributed by atoms with van der Waals surface area (Å²) < 4.78 is 6.50. The molecule has 56 heavy (non-hydrogen) atoms. The number of ether oxygens (including phenoxy) is 1. The molecule has 5 heterocycles. The average Bonchev–Trinajstić information content (AvgIpc) is 3.80. The number of fused-ring (bicyclic) bond motifs is 3. The van der Waals surface area contributed by atoms with Crippen molar-refractivity contribution in [3.05, 3.63) is 92.5 Å². The molecule has 3 fully saturated rings. The van der Waals surface area contributed by atoms with Crippen molar-refractivity contribution in [2.24, 2.45) is 16.7 Å². The lowest BCUT2D eigenvalue weighted by Crippen LogP contribution is -2.74. The van der Waals surface area contributed by atoms with E-state index in [-0.39, 0.29) is 53.0 Å². The van der Waals surface area contributed by atoms with Gasteiger partial charge in [-0.2, -0.15) is 5.26 Å². The first-order chi connectivity index (χ1) is 26.7. The van der Waals surface area contributed by atoms with E-state index in [1.54, 1.807) is 23.1 Å². The Hall–Kier alpha value is -4.92. The molecular weight excluding hydrogens is 728 g/mol. The van der Waals surface area contributed by atoms with E-state index in [1.807, 2.05) is 17.0 Å². The number of imide groups is 1. The second kappa shape index (κ2) is 13.3. The van der Waals surface area contributed by atoms with Crippen molar-refractivity contribution in [2.75, 3.05) is 24.5 Å². The van der Waals surface area contributed by atoms with Crippen molar-refractivity contribution >= 4 is 40.9 Å². The van der Waals surface area contributed by atoms with Gasteiger partial charge in [0.25, 0.3) is 11.8 Å². The number of halogens is 1. The van der Waals surface area contributed by atoms with Gasteiger partial charge in [0.1, 0.15) is 24.0 Å². The second-order valence-electron chi connectivity index (χ2n) is 17.8. The SMILES string of the molecule is CC1(C)C(Oc2ccc(C#N)c(Cl)c2)C(C)(C)C1N1Cc2cc(N3CCC(CN4Cc5cc6c(cc5C4)C(=O)N(C4CCC(=O)NC4=O)C6)CC3)ccc2C1=O. The number of carbonyl (C=O) groups excluding carboxylic acids is 4. The zero-order valence-corrected chi connectivity index (χ0v) is 33.1. The average molecular weight is 775 g/mol. The van der Waals surface area contributed by atoms with Gasteiger partial charge in [-0.25, -0.2) is 0 Å². The quantitative estimate of drug-likeness (QED) is 0.288. The maximum atomic E-state index is 13.9. The molecule has 1 N–H and O–H groups in total. The number of benzene rings is 3. The van der Waals surface area contributed by atoms with Crippen LogP contribution in [-0.4, -0.2) is 76.2 Å². The standard InChI is InChI=1S/C44H47ClN6O5/c1-43(2)41(44(3,4)42(43)56-32-7-5-26(19-46)35(45)18-32)51-24-30-16-31(6-8-33(30)39(51)54)49-13-11-25(12-14-49)20-48-21-27-15-29-23-50(36-9-10-37(52)47-38(36)53)40(55)34(29)17-28(27)22-48/h5-8,15-18,25,36,41-42H,9-14,20-24H2,1-4H3,(H,47,52,53). The molecule has 6 aliphatic rings. The Labute approximate surface area is 332 Å². The molecule has 1 unspecified atom stereocenters. The molecule has 3 aromatic carbocycles. The van der Waals surface area contributed by atoms with Crippen LogP contribution in [0.15, 0.2) is 48.5 Å². The van der Waals surface area contributed by atoms with Crippen LogP contribution < -0.4 is 15.0 Å². The molecule has 9 rings (SSSR count). The molecule has 12 heteroatoms. The molecule has 1 aliphatic carbocycles. The lowest BCUT2D eigenvalue weighted by molar-refractivity contribution is -0.199. The Morgan fingerprint density at radius 2 is 1.48 bits per heavy atom. The highest BCUT2D eigenvalue weighted by molar-refractivity contribution is 6.31. The fourth-order valence-corrected chi connectivity index (χ4v) is 11.4. The number of hydrogen-bond acceptors (Lipinski definition) is 8. The number of amides is 4. The van der Waals surface area contributed by atoms with Crippen LogP contribution in [0.4, 0.5) is 5.69 Å². The van der Waals surface area contributed by atoms with Crippen LogP contribution in [0, 0.1) is 28.1 Å². The predicted molar refractivity (Wildman–Crippen MR) is 210 cm³/mol. The summed E-state index contributed by atoms with van der Waals surface area (Å²) in [6.45, 7) is 14.2. The zero-order chi connectivity index (χ0) is 39.3. The number of anilines is 1. The van der Waals surface area contributed by atoms with E-state index in [0.717, 1.165) is 62.3 Å². The van der Waals surface area contributed by atoms with Gasteiger partial charge in [-0.3, -0.25) is 29.4 Å². The van der Waals surface area contributed by atoms with Crippen LogP contribution >= 0.6 is 11.6 Å². The van der Waals surface area contributed by atoms with Crippen LogP contribution in [0.2, 0.25) is 5.02 Å².